The van der Waals surface area contributed by atoms with Crippen LogP contribution < -0.4 is 4.90 Å². The Morgan fingerprint density at radius 3 is 2.28 bits per heavy atom. The van der Waals surface area contributed by atoms with E-state index in [2.05, 4.69) is 24.1 Å². The molecule has 2 unspecified atom stereocenters. The highest BCUT2D eigenvalue weighted by molar-refractivity contribution is 8.00. The molecule has 3 fully saturated rings. The molecular weight excluding hydrogens is 543 g/mol. The number of hydrogen-bond acceptors (Lipinski definition) is 3. The predicted octanol–water partition coefficient (Wildman–Crippen LogP) is 6.97. The molecule has 2 aromatic carbocycles. The molecule has 0 aliphatic carbocycles. The third-order valence-electron chi connectivity index (χ3n) is 8.54. The molecule has 9 heteroatoms. The van der Waals surface area contributed by atoms with E-state index in [0.717, 1.165) is 80.1 Å². The average molecular weight is 583 g/mol. The number of likely N-dealkylation sites (tertiary alicyclic amines) is 2. The molecule has 0 radical (unpaired) electrons. The third-order valence-corrected chi connectivity index (χ3v) is 9.53. The lowest BCUT2D eigenvalue weighted by atomic mass is 9.91. The third kappa shape index (κ3) is 7.86. The Hall–Kier alpha value is -1.90. The van der Waals surface area contributed by atoms with E-state index in [9.17, 15) is 18.0 Å². The molecule has 3 atom stereocenters. The molecule has 39 heavy (non-hydrogen) atoms. The number of carbonyl (C=O) groups excluding carboxylic acids is 1. The van der Waals surface area contributed by atoms with Crippen molar-refractivity contribution in [3.63, 3.8) is 0 Å². The van der Waals surface area contributed by atoms with Gasteiger partial charge in [-0.3, -0.25) is 4.79 Å². The minimum atomic E-state index is -4.27. The van der Waals surface area contributed by atoms with Crippen LogP contribution in [0.3, 0.4) is 0 Å². The number of rotatable bonds is 7. The first-order valence-corrected chi connectivity index (χ1v) is 14.7. The standard InChI is InChI=1S/C29H36ClF3N3OS.CH4/c1-36(19-23-17-35(18-24(23)20-36)26-8-6-25(30)7-9-26)14-12-28(37)34-13-2-3-22(16-34)15-21-4-10-27(11-5-21)38-29(31,32)33;/h4-11,22-24H,2-3,12-20H2,1H3;1H4/q+1;/t22-,23?,24?,36?;/m1./s1. The van der Waals surface area contributed by atoms with Gasteiger partial charge in [-0.1, -0.05) is 31.2 Å². The van der Waals surface area contributed by atoms with Crippen molar-refractivity contribution in [1.82, 2.24) is 4.90 Å². The number of thioether (sulfide) groups is 1. The highest BCUT2D eigenvalue weighted by Crippen LogP contribution is 2.38. The minimum Gasteiger partial charge on any atom is -0.370 e. The molecule has 5 rings (SSSR count). The van der Waals surface area contributed by atoms with Gasteiger partial charge in [0.25, 0.3) is 0 Å². The number of carbonyl (C=O) groups is 1. The van der Waals surface area contributed by atoms with Crippen LogP contribution in [0.5, 0.6) is 0 Å². The van der Waals surface area contributed by atoms with Crippen LogP contribution in [-0.4, -0.2) is 73.7 Å². The Labute approximate surface area is 240 Å². The number of amides is 1. The quantitative estimate of drug-likeness (QED) is 0.260. The summed E-state index contributed by atoms with van der Waals surface area (Å²) < 4.78 is 38.7. The highest BCUT2D eigenvalue weighted by Gasteiger charge is 2.47. The van der Waals surface area contributed by atoms with E-state index >= 15 is 0 Å². The Morgan fingerprint density at radius 1 is 1.03 bits per heavy atom. The maximum Gasteiger partial charge on any atom is 0.446 e. The van der Waals surface area contributed by atoms with Crippen LogP contribution in [0.1, 0.15) is 32.3 Å². The number of halogens is 4. The SMILES string of the molecule is C.C[N+]1(CCC(=O)N2CCC[C@H](Cc3ccc(SC(F)(F)F)cc3)C2)CC2CN(c3ccc(Cl)cc3)CC2C1. The first-order chi connectivity index (χ1) is 18.1. The molecule has 4 nitrogen and oxygen atoms in total. The molecule has 0 saturated carbocycles. The first kappa shape index (κ1) is 30.1. The molecule has 2 aromatic rings. The van der Waals surface area contributed by atoms with Crippen LogP contribution in [0, 0.1) is 17.8 Å². The number of benzene rings is 2. The molecule has 0 spiro atoms. The van der Waals surface area contributed by atoms with Crippen molar-refractivity contribution in [3.05, 3.63) is 59.1 Å². The molecule has 214 valence electrons. The fraction of sp³-hybridized carbons (Fsp3) is 0.567. The van der Waals surface area contributed by atoms with Crippen LogP contribution in [0.4, 0.5) is 18.9 Å². The van der Waals surface area contributed by atoms with Crippen molar-refractivity contribution in [2.24, 2.45) is 17.8 Å². The van der Waals surface area contributed by atoms with Gasteiger partial charge in [0.15, 0.2) is 0 Å². The maximum atomic E-state index is 13.2. The zero-order valence-corrected chi connectivity index (χ0v) is 23.4. The molecule has 3 aliphatic heterocycles. The fourth-order valence-corrected chi connectivity index (χ4v) is 7.41. The van der Waals surface area contributed by atoms with Crippen LogP contribution >= 0.6 is 23.4 Å². The minimum absolute atomic E-state index is 0. The van der Waals surface area contributed by atoms with E-state index in [4.69, 9.17) is 11.6 Å². The lowest BCUT2D eigenvalue weighted by molar-refractivity contribution is -0.899. The van der Waals surface area contributed by atoms with E-state index in [0.29, 0.717) is 24.2 Å². The van der Waals surface area contributed by atoms with Gasteiger partial charge in [0.2, 0.25) is 5.91 Å². The molecule has 0 N–H and O–H groups in total. The topological polar surface area (TPSA) is 23.6 Å². The molecule has 3 saturated heterocycles. The van der Waals surface area contributed by atoms with E-state index in [1.54, 1.807) is 24.3 Å². The van der Waals surface area contributed by atoms with Crippen molar-refractivity contribution >= 4 is 35.0 Å². The Bertz CT molecular complexity index is 1100. The highest BCUT2D eigenvalue weighted by atomic mass is 35.5. The molecule has 1 amide bonds. The van der Waals surface area contributed by atoms with Gasteiger partial charge in [0.1, 0.15) is 0 Å². The summed E-state index contributed by atoms with van der Waals surface area (Å²) in [4.78, 5) is 17.9. The summed E-state index contributed by atoms with van der Waals surface area (Å²) in [5.74, 6) is 1.91. The van der Waals surface area contributed by atoms with Crippen molar-refractivity contribution in [3.8, 4) is 0 Å². The van der Waals surface area contributed by atoms with E-state index in [1.165, 1.54) is 5.69 Å². The summed E-state index contributed by atoms with van der Waals surface area (Å²) in [6.45, 7) is 6.80. The summed E-state index contributed by atoms with van der Waals surface area (Å²) in [7, 11) is 2.30. The van der Waals surface area contributed by atoms with Gasteiger partial charge < -0.3 is 14.3 Å². The van der Waals surface area contributed by atoms with E-state index < -0.39 is 5.51 Å². The smallest absolute Gasteiger partial charge is 0.370 e. The number of piperidine rings is 1. The zero-order valence-electron chi connectivity index (χ0n) is 21.8. The monoisotopic (exact) mass is 582 g/mol. The Kier molecular flexibility index (Phi) is 9.49. The second kappa shape index (κ2) is 12.3. The number of quaternary nitrogens is 1. The van der Waals surface area contributed by atoms with Gasteiger partial charge >= 0.3 is 5.51 Å². The van der Waals surface area contributed by atoms with E-state index in [1.807, 2.05) is 17.0 Å². The van der Waals surface area contributed by atoms with Crippen molar-refractivity contribution in [1.29, 1.82) is 0 Å². The van der Waals surface area contributed by atoms with Gasteiger partial charge in [0.05, 0.1) is 33.1 Å². The molecular formula is C30H40ClF3N3OS+. The molecule has 3 aliphatic rings. The zero-order chi connectivity index (χ0) is 26.9. The van der Waals surface area contributed by atoms with Crippen molar-refractivity contribution in [2.45, 2.75) is 43.5 Å². The molecule has 0 bridgehead atoms. The van der Waals surface area contributed by atoms with Crippen LogP contribution in [0.2, 0.25) is 5.02 Å². The summed E-state index contributed by atoms with van der Waals surface area (Å²) in [6, 6.07) is 14.8. The second-order valence-electron chi connectivity index (χ2n) is 11.6. The van der Waals surface area contributed by atoms with Crippen LogP contribution in [0.25, 0.3) is 0 Å². The number of nitrogens with zero attached hydrogens (tertiary/aromatic N) is 3. The van der Waals surface area contributed by atoms with Crippen LogP contribution in [0.15, 0.2) is 53.4 Å². The molecule has 0 aromatic heterocycles. The fourth-order valence-electron chi connectivity index (χ4n) is 6.75. The first-order valence-electron chi connectivity index (χ1n) is 13.5. The lowest BCUT2D eigenvalue weighted by Crippen LogP contribution is -2.47. The molecule has 3 heterocycles. The lowest BCUT2D eigenvalue weighted by Gasteiger charge is -2.35. The summed E-state index contributed by atoms with van der Waals surface area (Å²) in [5.41, 5.74) is -1.99. The summed E-state index contributed by atoms with van der Waals surface area (Å²) >= 11 is 5.97. The predicted molar refractivity (Wildman–Crippen MR) is 154 cm³/mol. The van der Waals surface area contributed by atoms with Crippen molar-refractivity contribution in [2.75, 3.05) is 57.8 Å². The van der Waals surface area contributed by atoms with Crippen molar-refractivity contribution < 1.29 is 22.4 Å². The normalized spacial score (nSPS) is 26.8. The average Bonchev–Trinajstić information content (AvgIpc) is 3.39. The Morgan fingerprint density at radius 2 is 1.67 bits per heavy atom. The van der Waals surface area contributed by atoms with Crippen LogP contribution in [-0.2, 0) is 11.2 Å². The van der Waals surface area contributed by atoms with Gasteiger partial charge in [-0.2, -0.15) is 13.2 Å². The summed E-state index contributed by atoms with van der Waals surface area (Å²) in [5, 5.41) is 0.764. The number of alkyl halides is 3. The largest absolute Gasteiger partial charge is 0.446 e. The van der Waals surface area contributed by atoms with Gasteiger partial charge in [-0.25, -0.2) is 0 Å². The number of anilines is 1. The second-order valence-corrected chi connectivity index (χ2v) is 13.2. The van der Waals surface area contributed by atoms with E-state index in [-0.39, 0.29) is 30.0 Å². The van der Waals surface area contributed by atoms with Gasteiger partial charge in [-0.15, -0.1) is 0 Å². The maximum absolute atomic E-state index is 13.2. The van der Waals surface area contributed by atoms with Gasteiger partial charge in [0, 0.05) is 53.6 Å². The van der Waals surface area contributed by atoms with Gasteiger partial charge in [-0.05, 0) is 78.9 Å². The Balaban J connectivity index is 0.00000353. The summed E-state index contributed by atoms with van der Waals surface area (Å²) in [6.07, 6.45) is 3.40. The number of fused-ring (bicyclic) bond motifs is 1. The number of hydrogen-bond donors (Lipinski definition) is 0.